The summed E-state index contributed by atoms with van der Waals surface area (Å²) < 4.78 is 0. The van der Waals surface area contributed by atoms with Crippen LogP contribution in [0.4, 0.5) is 0 Å². The molecule has 0 aliphatic heterocycles. The van der Waals surface area contributed by atoms with Gasteiger partial charge in [-0.3, -0.25) is 0 Å². The third-order valence-electron chi connectivity index (χ3n) is 3.73. The van der Waals surface area contributed by atoms with Crippen molar-refractivity contribution in [3.05, 3.63) is 0 Å². The summed E-state index contributed by atoms with van der Waals surface area (Å²) in [4.78, 5) is 0. The maximum atomic E-state index is 3.66. The van der Waals surface area contributed by atoms with Crippen LogP contribution < -0.4 is 5.32 Å². The molecule has 1 heteroatoms. The predicted octanol–water partition coefficient (Wildman–Crippen LogP) is 3.98. The molecular weight excluding hydrogens is 182 g/mol. The van der Waals surface area contributed by atoms with Crippen molar-refractivity contribution in [3.8, 4) is 0 Å². The first-order valence-electron chi connectivity index (χ1n) is 6.68. The summed E-state index contributed by atoms with van der Waals surface area (Å²) >= 11 is 0. The molecule has 1 aliphatic carbocycles. The lowest BCUT2D eigenvalue weighted by Gasteiger charge is -2.22. The highest BCUT2D eigenvalue weighted by Crippen LogP contribution is 2.58. The lowest BCUT2D eigenvalue weighted by molar-refractivity contribution is 0.342. The van der Waals surface area contributed by atoms with Crippen LogP contribution in [-0.2, 0) is 0 Å². The van der Waals surface area contributed by atoms with Gasteiger partial charge in [0.25, 0.3) is 0 Å². The first-order valence-corrected chi connectivity index (χ1v) is 6.68. The molecule has 1 fully saturated rings. The molecule has 0 bridgehead atoms. The Hall–Kier alpha value is -0.0400. The number of nitrogens with one attached hydrogen (secondary N) is 1. The van der Waals surface area contributed by atoms with E-state index in [0.29, 0.717) is 0 Å². The van der Waals surface area contributed by atoms with Gasteiger partial charge in [0, 0.05) is 5.54 Å². The third kappa shape index (κ3) is 3.79. The fraction of sp³-hybridized carbons (Fsp3) is 1.00. The Morgan fingerprint density at radius 2 is 1.67 bits per heavy atom. The van der Waals surface area contributed by atoms with Crippen molar-refractivity contribution in [2.24, 2.45) is 11.3 Å². The predicted molar refractivity (Wildman–Crippen MR) is 68.1 cm³/mol. The summed E-state index contributed by atoms with van der Waals surface area (Å²) in [7, 11) is 0. The minimum atomic E-state index is 0.284. The van der Waals surface area contributed by atoms with E-state index in [9.17, 15) is 0 Å². The molecule has 0 amide bonds. The zero-order valence-electron chi connectivity index (χ0n) is 11.3. The Balaban J connectivity index is 2.34. The smallest absolute Gasteiger partial charge is 0.00966 e. The number of hydrogen-bond acceptors (Lipinski definition) is 1. The Bertz CT molecular complexity index is 184. The van der Waals surface area contributed by atoms with Crippen molar-refractivity contribution < 1.29 is 0 Å². The fourth-order valence-corrected chi connectivity index (χ4v) is 2.88. The van der Waals surface area contributed by atoms with Crippen LogP contribution in [-0.4, -0.2) is 12.1 Å². The average Bonchev–Trinajstić information content (AvgIpc) is 2.76. The van der Waals surface area contributed by atoms with Crippen LogP contribution in [0.25, 0.3) is 0 Å². The van der Waals surface area contributed by atoms with Gasteiger partial charge in [-0.05, 0) is 57.9 Å². The normalized spacial score (nSPS) is 24.2. The zero-order chi connectivity index (χ0) is 11.5. The van der Waals surface area contributed by atoms with Gasteiger partial charge in [0.1, 0.15) is 0 Å². The van der Waals surface area contributed by atoms with Crippen molar-refractivity contribution in [1.29, 1.82) is 0 Å². The van der Waals surface area contributed by atoms with Gasteiger partial charge in [0.2, 0.25) is 0 Å². The third-order valence-corrected chi connectivity index (χ3v) is 3.73. The second kappa shape index (κ2) is 4.86. The maximum absolute atomic E-state index is 3.66. The van der Waals surface area contributed by atoms with Gasteiger partial charge in [-0.2, -0.15) is 0 Å². The summed E-state index contributed by atoms with van der Waals surface area (Å²) in [5, 5.41) is 3.66. The Morgan fingerprint density at radius 1 is 1.13 bits per heavy atom. The molecule has 0 saturated heterocycles. The van der Waals surface area contributed by atoms with Gasteiger partial charge in [-0.15, -0.1) is 0 Å². The molecule has 90 valence electrons. The number of rotatable bonds is 6. The quantitative estimate of drug-likeness (QED) is 0.700. The van der Waals surface area contributed by atoms with E-state index in [2.05, 4.69) is 39.9 Å². The van der Waals surface area contributed by atoms with E-state index in [0.717, 1.165) is 11.3 Å². The van der Waals surface area contributed by atoms with Gasteiger partial charge >= 0.3 is 0 Å². The van der Waals surface area contributed by atoms with Gasteiger partial charge in [-0.25, -0.2) is 0 Å². The van der Waals surface area contributed by atoms with Crippen LogP contribution in [0.5, 0.6) is 0 Å². The minimum Gasteiger partial charge on any atom is -0.312 e. The molecule has 1 aliphatic rings. The molecule has 0 radical (unpaired) electrons. The van der Waals surface area contributed by atoms with Gasteiger partial charge in [0.05, 0.1) is 0 Å². The monoisotopic (exact) mass is 211 g/mol. The number of hydrogen-bond donors (Lipinski definition) is 1. The molecule has 0 heterocycles. The van der Waals surface area contributed by atoms with Crippen LogP contribution in [0.15, 0.2) is 0 Å². The Morgan fingerprint density at radius 3 is 2.07 bits per heavy atom. The molecular formula is C14H29N. The van der Waals surface area contributed by atoms with Gasteiger partial charge < -0.3 is 5.32 Å². The first kappa shape index (κ1) is 13.0. The van der Waals surface area contributed by atoms with Crippen molar-refractivity contribution in [2.75, 3.05) is 6.54 Å². The lowest BCUT2D eigenvalue weighted by atomic mass is 9.92. The van der Waals surface area contributed by atoms with Crippen LogP contribution >= 0.6 is 0 Å². The van der Waals surface area contributed by atoms with E-state index in [1.807, 2.05) is 0 Å². The standard InChI is InChI=1S/C14H29N/c1-6-8-14(9-7-2)10-12(14)11-15-13(3,4)5/h12,15H,6-11H2,1-5H3. The first-order chi connectivity index (χ1) is 6.93. The summed E-state index contributed by atoms with van der Waals surface area (Å²) in [5.74, 6) is 0.955. The van der Waals surface area contributed by atoms with Crippen molar-refractivity contribution in [2.45, 2.75) is 72.3 Å². The second-order valence-electron chi connectivity index (χ2n) is 6.39. The van der Waals surface area contributed by atoms with E-state index in [1.165, 1.54) is 38.6 Å². The van der Waals surface area contributed by atoms with Crippen LogP contribution in [0, 0.1) is 11.3 Å². The second-order valence-corrected chi connectivity index (χ2v) is 6.39. The maximum Gasteiger partial charge on any atom is 0.00966 e. The SMILES string of the molecule is CCCC1(CCC)CC1CNC(C)(C)C. The Kier molecular flexibility index (Phi) is 4.22. The van der Waals surface area contributed by atoms with E-state index in [1.54, 1.807) is 0 Å². The fourth-order valence-electron chi connectivity index (χ4n) is 2.88. The van der Waals surface area contributed by atoms with Crippen molar-refractivity contribution in [1.82, 2.24) is 5.32 Å². The minimum absolute atomic E-state index is 0.284. The van der Waals surface area contributed by atoms with Crippen molar-refractivity contribution >= 4 is 0 Å². The molecule has 0 spiro atoms. The van der Waals surface area contributed by atoms with E-state index >= 15 is 0 Å². The lowest BCUT2D eigenvalue weighted by Crippen LogP contribution is -2.37. The molecule has 1 unspecified atom stereocenters. The van der Waals surface area contributed by atoms with Crippen molar-refractivity contribution in [3.63, 3.8) is 0 Å². The molecule has 0 aromatic carbocycles. The van der Waals surface area contributed by atoms with Crippen LogP contribution in [0.2, 0.25) is 0 Å². The molecule has 1 rings (SSSR count). The van der Waals surface area contributed by atoms with E-state index in [-0.39, 0.29) is 5.54 Å². The van der Waals surface area contributed by atoms with Gasteiger partial charge in [0.15, 0.2) is 0 Å². The Labute approximate surface area is 96.0 Å². The largest absolute Gasteiger partial charge is 0.312 e. The highest BCUT2D eigenvalue weighted by atomic mass is 15.0. The molecule has 1 nitrogen and oxygen atoms in total. The molecule has 1 N–H and O–H groups in total. The summed E-state index contributed by atoms with van der Waals surface area (Å²) in [5.41, 5.74) is 1.01. The molecule has 1 atom stereocenters. The summed E-state index contributed by atoms with van der Waals surface area (Å²) in [6, 6.07) is 0. The van der Waals surface area contributed by atoms with Crippen LogP contribution in [0.3, 0.4) is 0 Å². The molecule has 0 aromatic heterocycles. The zero-order valence-corrected chi connectivity index (χ0v) is 11.3. The van der Waals surface area contributed by atoms with Crippen LogP contribution in [0.1, 0.15) is 66.7 Å². The molecule has 1 saturated carbocycles. The highest BCUT2D eigenvalue weighted by Gasteiger charge is 2.51. The van der Waals surface area contributed by atoms with Gasteiger partial charge in [-0.1, -0.05) is 26.7 Å². The summed E-state index contributed by atoms with van der Waals surface area (Å²) in [6.07, 6.45) is 7.06. The topological polar surface area (TPSA) is 12.0 Å². The van der Waals surface area contributed by atoms with E-state index in [4.69, 9.17) is 0 Å². The molecule has 0 aromatic rings. The average molecular weight is 211 g/mol. The van der Waals surface area contributed by atoms with E-state index < -0.39 is 0 Å². The summed E-state index contributed by atoms with van der Waals surface area (Å²) in [6.45, 7) is 12.7. The highest BCUT2D eigenvalue weighted by molar-refractivity contribution is 5.02. The molecule has 15 heavy (non-hydrogen) atoms.